The van der Waals surface area contributed by atoms with Gasteiger partial charge in [0.2, 0.25) is 0 Å². The van der Waals surface area contributed by atoms with Crippen molar-refractivity contribution in [1.82, 2.24) is 9.55 Å². The van der Waals surface area contributed by atoms with Crippen molar-refractivity contribution in [2.24, 2.45) is 7.05 Å². The molecule has 2 aromatic rings. The minimum absolute atomic E-state index is 0.347. The molecule has 5 heteroatoms. The van der Waals surface area contributed by atoms with Gasteiger partial charge in [0.15, 0.2) is 0 Å². The van der Waals surface area contributed by atoms with Crippen LogP contribution in [0, 0.1) is 6.92 Å². The van der Waals surface area contributed by atoms with Crippen LogP contribution < -0.4 is 5.32 Å². The molecule has 1 amide bonds. The van der Waals surface area contributed by atoms with Crippen molar-refractivity contribution >= 4 is 17.5 Å². The van der Waals surface area contributed by atoms with Crippen LogP contribution >= 0.6 is 0 Å². The highest BCUT2D eigenvalue weighted by Gasteiger charge is 2.18. The second-order valence-corrected chi connectivity index (χ2v) is 3.95. The molecule has 0 unspecified atom stereocenters. The molecule has 2 rings (SSSR count). The van der Waals surface area contributed by atoms with Crippen molar-refractivity contribution in [3.63, 3.8) is 0 Å². The van der Waals surface area contributed by atoms with E-state index in [0.29, 0.717) is 11.5 Å². The zero-order valence-corrected chi connectivity index (χ0v) is 10.2. The SMILES string of the molecule is Cc1cccc(NC(=O)C(=O)c2cccn2C)n1. The smallest absolute Gasteiger partial charge is 0.299 e. The molecule has 0 bridgehead atoms. The number of carbonyl (C=O) groups excluding carboxylic acids is 2. The summed E-state index contributed by atoms with van der Waals surface area (Å²) in [7, 11) is 1.71. The molecule has 0 fully saturated rings. The number of carbonyl (C=O) groups is 2. The van der Waals surface area contributed by atoms with Crippen molar-refractivity contribution in [1.29, 1.82) is 0 Å². The van der Waals surface area contributed by atoms with E-state index in [1.807, 2.05) is 13.0 Å². The molecule has 0 spiro atoms. The lowest BCUT2D eigenvalue weighted by molar-refractivity contribution is -0.112. The highest BCUT2D eigenvalue weighted by atomic mass is 16.2. The average Bonchev–Trinajstić information content (AvgIpc) is 2.74. The van der Waals surface area contributed by atoms with E-state index in [4.69, 9.17) is 0 Å². The molecule has 5 nitrogen and oxygen atoms in total. The number of aromatic nitrogens is 2. The molecule has 0 aliphatic rings. The van der Waals surface area contributed by atoms with Crippen LogP contribution in [0.2, 0.25) is 0 Å². The predicted molar refractivity (Wildman–Crippen MR) is 67.3 cm³/mol. The Bertz CT molecular complexity index is 602. The third-order valence-electron chi connectivity index (χ3n) is 2.51. The first kappa shape index (κ1) is 12.0. The van der Waals surface area contributed by atoms with Gasteiger partial charge in [-0.25, -0.2) is 4.98 Å². The Labute approximate surface area is 104 Å². The molecule has 0 saturated heterocycles. The van der Waals surface area contributed by atoms with Gasteiger partial charge in [0.25, 0.3) is 11.7 Å². The highest BCUT2D eigenvalue weighted by molar-refractivity contribution is 6.46. The highest BCUT2D eigenvalue weighted by Crippen LogP contribution is 2.06. The molecule has 0 atom stereocenters. The van der Waals surface area contributed by atoms with Crippen molar-refractivity contribution < 1.29 is 9.59 Å². The van der Waals surface area contributed by atoms with E-state index in [0.717, 1.165) is 5.69 Å². The minimum atomic E-state index is -0.685. The maximum Gasteiger partial charge on any atom is 0.299 e. The van der Waals surface area contributed by atoms with Gasteiger partial charge in [-0.15, -0.1) is 0 Å². The fourth-order valence-corrected chi connectivity index (χ4v) is 1.60. The maximum absolute atomic E-state index is 11.9. The first-order valence-corrected chi connectivity index (χ1v) is 5.48. The van der Waals surface area contributed by atoms with Gasteiger partial charge in [0.1, 0.15) is 5.82 Å². The first-order valence-electron chi connectivity index (χ1n) is 5.48. The summed E-state index contributed by atoms with van der Waals surface area (Å²) < 4.78 is 1.60. The summed E-state index contributed by atoms with van der Waals surface area (Å²) in [5.74, 6) is -0.886. The first-order chi connectivity index (χ1) is 8.58. The lowest BCUT2D eigenvalue weighted by Gasteiger charge is -2.05. The number of hydrogen-bond donors (Lipinski definition) is 1. The average molecular weight is 243 g/mol. The molecule has 2 aromatic heterocycles. The Morgan fingerprint density at radius 1 is 1.22 bits per heavy atom. The monoisotopic (exact) mass is 243 g/mol. The van der Waals surface area contributed by atoms with Crippen LogP contribution in [0.4, 0.5) is 5.82 Å². The summed E-state index contributed by atoms with van der Waals surface area (Å²) in [6.07, 6.45) is 1.71. The molecule has 0 aliphatic carbocycles. The Balaban J connectivity index is 2.14. The zero-order valence-electron chi connectivity index (χ0n) is 10.2. The quantitative estimate of drug-likeness (QED) is 0.657. The Morgan fingerprint density at radius 3 is 2.61 bits per heavy atom. The van der Waals surface area contributed by atoms with Crippen molar-refractivity contribution in [3.05, 3.63) is 47.9 Å². The standard InChI is InChI=1S/C13H13N3O2/c1-9-5-3-7-11(14-9)15-13(18)12(17)10-6-4-8-16(10)2/h3-8H,1-2H3,(H,14,15,18). The van der Waals surface area contributed by atoms with E-state index >= 15 is 0 Å². The van der Waals surface area contributed by atoms with Gasteiger partial charge >= 0.3 is 0 Å². The van der Waals surface area contributed by atoms with Crippen molar-refractivity contribution in [2.75, 3.05) is 5.32 Å². The number of aryl methyl sites for hydroxylation is 2. The Kier molecular flexibility index (Phi) is 3.23. The molecule has 18 heavy (non-hydrogen) atoms. The lowest BCUT2D eigenvalue weighted by Crippen LogP contribution is -2.25. The van der Waals surface area contributed by atoms with E-state index < -0.39 is 11.7 Å². The molecule has 0 saturated carbocycles. The van der Waals surface area contributed by atoms with Crippen LogP contribution in [0.25, 0.3) is 0 Å². The number of ketones is 1. The Hall–Kier alpha value is -2.43. The molecular formula is C13H13N3O2. The van der Waals surface area contributed by atoms with Crippen LogP contribution in [-0.2, 0) is 11.8 Å². The van der Waals surface area contributed by atoms with Gasteiger partial charge in [-0.05, 0) is 31.2 Å². The number of nitrogens with one attached hydrogen (secondary N) is 1. The van der Waals surface area contributed by atoms with Crippen molar-refractivity contribution in [2.45, 2.75) is 6.92 Å². The van der Waals surface area contributed by atoms with E-state index in [1.54, 1.807) is 42.1 Å². The maximum atomic E-state index is 11.9. The lowest BCUT2D eigenvalue weighted by atomic mass is 10.2. The molecular weight excluding hydrogens is 230 g/mol. The molecule has 0 radical (unpaired) electrons. The fourth-order valence-electron chi connectivity index (χ4n) is 1.60. The molecule has 92 valence electrons. The third-order valence-corrected chi connectivity index (χ3v) is 2.51. The van der Waals surface area contributed by atoms with Crippen LogP contribution in [0.3, 0.4) is 0 Å². The van der Waals surface area contributed by atoms with E-state index in [2.05, 4.69) is 10.3 Å². The van der Waals surface area contributed by atoms with Gasteiger partial charge < -0.3 is 9.88 Å². The summed E-state index contributed by atoms with van der Waals surface area (Å²) in [5, 5.41) is 2.49. The number of anilines is 1. The summed E-state index contributed by atoms with van der Waals surface area (Å²) >= 11 is 0. The second kappa shape index (κ2) is 4.83. The predicted octanol–water partition coefficient (Wildman–Crippen LogP) is 1.55. The summed E-state index contributed by atoms with van der Waals surface area (Å²) in [6, 6.07) is 8.54. The molecule has 0 aliphatic heterocycles. The number of nitrogens with zero attached hydrogens (tertiary/aromatic N) is 2. The third kappa shape index (κ3) is 2.45. The topological polar surface area (TPSA) is 64.0 Å². The van der Waals surface area contributed by atoms with Crippen LogP contribution in [0.5, 0.6) is 0 Å². The van der Waals surface area contributed by atoms with Crippen LogP contribution in [0.1, 0.15) is 16.2 Å². The largest absolute Gasteiger partial charge is 0.348 e. The minimum Gasteiger partial charge on any atom is -0.348 e. The van der Waals surface area contributed by atoms with Gasteiger partial charge in [-0.3, -0.25) is 9.59 Å². The molecule has 1 N–H and O–H groups in total. The molecule has 0 aromatic carbocycles. The van der Waals surface area contributed by atoms with Gasteiger partial charge in [-0.1, -0.05) is 6.07 Å². The summed E-state index contributed by atoms with van der Waals surface area (Å²) in [4.78, 5) is 27.7. The Morgan fingerprint density at radius 2 is 2.00 bits per heavy atom. The molecule has 2 heterocycles. The van der Waals surface area contributed by atoms with E-state index in [1.165, 1.54) is 0 Å². The second-order valence-electron chi connectivity index (χ2n) is 3.95. The summed E-state index contributed by atoms with van der Waals surface area (Å²) in [6.45, 7) is 1.81. The normalized spacial score (nSPS) is 10.1. The van der Waals surface area contributed by atoms with Gasteiger partial charge in [-0.2, -0.15) is 0 Å². The number of amides is 1. The van der Waals surface area contributed by atoms with E-state index in [9.17, 15) is 9.59 Å². The van der Waals surface area contributed by atoms with Crippen LogP contribution in [0.15, 0.2) is 36.5 Å². The zero-order chi connectivity index (χ0) is 13.1. The summed E-state index contributed by atoms with van der Waals surface area (Å²) in [5.41, 5.74) is 1.12. The van der Waals surface area contributed by atoms with Gasteiger partial charge in [0.05, 0.1) is 5.69 Å². The number of pyridine rings is 1. The fraction of sp³-hybridized carbons (Fsp3) is 0.154. The number of rotatable bonds is 3. The van der Waals surface area contributed by atoms with E-state index in [-0.39, 0.29) is 0 Å². The number of hydrogen-bond acceptors (Lipinski definition) is 3. The van der Waals surface area contributed by atoms with Gasteiger partial charge in [0, 0.05) is 18.9 Å². The number of Topliss-reactive ketones (excluding diaryl/α,β-unsaturated/α-hetero) is 1. The van der Waals surface area contributed by atoms with Crippen molar-refractivity contribution in [3.8, 4) is 0 Å². The van der Waals surface area contributed by atoms with Crippen LogP contribution in [-0.4, -0.2) is 21.2 Å².